The van der Waals surface area contributed by atoms with Crippen molar-refractivity contribution in [3.8, 4) is 0 Å². The fraction of sp³-hybridized carbons (Fsp3) is 0.278. The number of amides is 2. The monoisotopic (exact) mass is 396 g/mol. The van der Waals surface area contributed by atoms with Crippen molar-refractivity contribution in [2.45, 2.75) is 6.92 Å². The van der Waals surface area contributed by atoms with E-state index in [1.165, 1.54) is 0 Å². The van der Waals surface area contributed by atoms with E-state index in [1.807, 2.05) is 6.92 Å². The zero-order chi connectivity index (χ0) is 16.9. The van der Waals surface area contributed by atoms with E-state index in [4.69, 9.17) is 0 Å². The third-order valence-corrected chi connectivity index (χ3v) is 4.23. The summed E-state index contributed by atoms with van der Waals surface area (Å²) in [5, 5.41) is 8.78. The van der Waals surface area contributed by atoms with Crippen molar-refractivity contribution >= 4 is 48.1 Å². The van der Waals surface area contributed by atoms with E-state index in [9.17, 15) is 9.59 Å². The van der Waals surface area contributed by atoms with E-state index in [2.05, 4.69) is 20.9 Å². The molecule has 3 rings (SSSR count). The molecule has 1 aromatic carbocycles. The van der Waals surface area contributed by atoms with Crippen LogP contribution < -0.4 is 16.0 Å². The second kappa shape index (κ2) is 10.1. The maximum absolute atomic E-state index is 12.3. The minimum atomic E-state index is -0.263. The highest BCUT2D eigenvalue weighted by atomic mass is 35.5. The number of pyridine rings is 1. The van der Waals surface area contributed by atoms with Crippen LogP contribution in [0.1, 0.15) is 17.3 Å². The van der Waals surface area contributed by atoms with Gasteiger partial charge in [0.15, 0.2) is 0 Å². The zero-order valence-corrected chi connectivity index (χ0v) is 15.9. The normalized spacial score (nSPS) is 14.0. The van der Waals surface area contributed by atoms with Crippen LogP contribution >= 0.6 is 24.8 Å². The highest BCUT2D eigenvalue weighted by Gasteiger charge is 2.28. The number of rotatable bonds is 5. The summed E-state index contributed by atoms with van der Waals surface area (Å²) in [6.45, 7) is 3.68. The zero-order valence-electron chi connectivity index (χ0n) is 14.3. The average molecular weight is 397 g/mol. The van der Waals surface area contributed by atoms with Crippen LogP contribution in [0.25, 0.3) is 0 Å². The fourth-order valence-electron chi connectivity index (χ4n) is 2.50. The van der Waals surface area contributed by atoms with Gasteiger partial charge in [0, 0.05) is 23.4 Å². The van der Waals surface area contributed by atoms with Gasteiger partial charge < -0.3 is 16.0 Å². The molecule has 1 aliphatic rings. The number of halogens is 2. The number of carbonyl (C=O) groups is 2. The van der Waals surface area contributed by atoms with E-state index in [-0.39, 0.29) is 42.5 Å². The largest absolute Gasteiger partial charge is 0.326 e. The molecule has 140 valence electrons. The molecule has 3 N–H and O–H groups in total. The first-order valence-electron chi connectivity index (χ1n) is 7.97. The maximum atomic E-state index is 12.3. The van der Waals surface area contributed by atoms with Gasteiger partial charge in [0.05, 0.1) is 0 Å². The minimum absolute atomic E-state index is 0. The molecule has 0 radical (unpaired) electrons. The molecule has 1 unspecified atom stereocenters. The van der Waals surface area contributed by atoms with Gasteiger partial charge in [0.25, 0.3) is 5.91 Å². The molecular formula is C18H22Cl2N4O2. The number of hydrogen-bond donors (Lipinski definition) is 3. The number of nitrogens with zero attached hydrogens (tertiary/aromatic N) is 1. The van der Waals surface area contributed by atoms with Crippen LogP contribution in [0.2, 0.25) is 0 Å². The molecule has 2 aromatic rings. The molecular weight excluding hydrogens is 375 g/mol. The topological polar surface area (TPSA) is 83.1 Å². The van der Waals surface area contributed by atoms with Crippen molar-refractivity contribution in [3.63, 3.8) is 0 Å². The van der Waals surface area contributed by atoms with E-state index < -0.39 is 0 Å². The van der Waals surface area contributed by atoms with Crippen LogP contribution in [0.3, 0.4) is 0 Å². The van der Waals surface area contributed by atoms with Crippen LogP contribution in [-0.4, -0.2) is 29.9 Å². The summed E-state index contributed by atoms with van der Waals surface area (Å²) in [6, 6.07) is 12.2. The molecule has 1 aromatic heterocycles. The summed E-state index contributed by atoms with van der Waals surface area (Å²) in [6.07, 6.45) is 1.61. The van der Waals surface area contributed by atoms with Crippen molar-refractivity contribution < 1.29 is 9.59 Å². The summed E-state index contributed by atoms with van der Waals surface area (Å²) in [5.41, 5.74) is 1.09. The quantitative estimate of drug-likeness (QED) is 0.725. The van der Waals surface area contributed by atoms with Gasteiger partial charge in [-0.05, 0) is 49.3 Å². The first kappa shape index (κ1) is 21.9. The van der Waals surface area contributed by atoms with Gasteiger partial charge in [-0.1, -0.05) is 19.1 Å². The van der Waals surface area contributed by atoms with Crippen molar-refractivity contribution in [1.82, 2.24) is 10.3 Å². The molecule has 1 atom stereocenters. The third kappa shape index (κ3) is 5.42. The Labute approximate surface area is 165 Å². The molecule has 0 bridgehead atoms. The van der Waals surface area contributed by atoms with Gasteiger partial charge in [-0.2, -0.15) is 0 Å². The second-order valence-corrected chi connectivity index (χ2v) is 5.95. The molecule has 0 spiro atoms. The molecule has 2 heterocycles. The average Bonchev–Trinajstić information content (AvgIpc) is 2.54. The van der Waals surface area contributed by atoms with Crippen LogP contribution in [0, 0.1) is 11.8 Å². The van der Waals surface area contributed by atoms with Gasteiger partial charge in [0.2, 0.25) is 5.91 Å². The van der Waals surface area contributed by atoms with Gasteiger partial charge >= 0.3 is 0 Å². The molecule has 1 fully saturated rings. The first-order valence-corrected chi connectivity index (χ1v) is 7.97. The molecule has 0 aliphatic carbocycles. The van der Waals surface area contributed by atoms with Gasteiger partial charge in [-0.25, -0.2) is 4.98 Å². The standard InChI is InChI=1S/C18H20N4O2.2ClH/c1-12(14-10-19-11-14)17(23)21-15-6-4-5-13(9-15)18(24)22-16-7-2-3-8-20-16;;/h2-9,12,14,19H,10-11H2,1H3,(H,21,23)(H,20,22,24);2*1H. The number of nitrogens with one attached hydrogen (secondary N) is 3. The highest BCUT2D eigenvalue weighted by molar-refractivity contribution is 6.05. The predicted molar refractivity (Wildman–Crippen MR) is 107 cm³/mol. The number of benzene rings is 1. The van der Waals surface area contributed by atoms with E-state index in [0.29, 0.717) is 23.0 Å². The molecule has 8 heteroatoms. The molecule has 26 heavy (non-hydrogen) atoms. The van der Waals surface area contributed by atoms with Crippen molar-refractivity contribution in [2.24, 2.45) is 11.8 Å². The lowest BCUT2D eigenvalue weighted by atomic mass is 9.88. The summed E-state index contributed by atoms with van der Waals surface area (Å²) >= 11 is 0. The minimum Gasteiger partial charge on any atom is -0.326 e. The Morgan fingerprint density at radius 2 is 1.88 bits per heavy atom. The predicted octanol–water partition coefficient (Wildman–Crippen LogP) is 2.97. The van der Waals surface area contributed by atoms with Crippen molar-refractivity contribution in [1.29, 1.82) is 0 Å². The second-order valence-electron chi connectivity index (χ2n) is 5.95. The van der Waals surface area contributed by atoms with Gasteiger partial charge in [-0.3, -0.25) is 9.59 Å². The third-order valence-electron chi connectivity index (χ3n) is 4.23. The van der Waals surface area contributed by atoms with Crippen molar-refractivity contribution in [3.05, 3.63) is 54.2 Å². The molecule has 1 saturated heterocycles. The fourth-order valence-corrected chi connectivity index (χ4v) is 2.50. The molecule has 0 saturated carbocycles. The van der Waals surface area contributed by atoms with Crippen LogP contribution in [0.4, 0.5) is 11.5 Å². The van der Waals surface area contributed by atoms with Crippen LogP contribution in [-0.2, 0) is 4.79 Å². The Kier molecular flexibility index (Phi) is 8.51. The maximum Gasteiger partial charge on any atom is 0.256 e. The lowest BCUT2D eigenvalue weighted by Crippen LogP contribution is -2.48. The number of hydrogen-bond acceptors (Lipinski definition) is 4. The summed E-state index contributed by atoms with van der Waals surface area (Å²) in [7, 11) is 0. The number of carbonyl (C=O) groups excluding carboxylic acids is 2. The first-order chi connectivity index (χ1) is 11.6. The lowest BCUT2D eigenvalue weighted by Gasteiger charge is -2.31. The van der Waals surface area contributed by atoms with E-state index in [1.54, 1.807) is 48.7 Å². The van der Waals surface area contributed by atoms with Gasteiger partial charge in [-0.15, -0.1) is 24.8 Å². The summed E-state index contributed by atoms with van der Waals surface area (Å²) in [5.74, 6) is 0.519. The Morgan fingerprint density at radius 1 is 1.12 bits per heavy atom. The van der Waals surface area contributed by atoms with E-state index >= 15 is 0 Å². The van der Waals surface area contributed by atoms with Gasteiger partial charge in [0.1, 0.15) is 5.82 Å². The molecule has 1 aliphatic heterocycles. The van der Waals surface area contributed by atoms with Crippen LogP contribution in [0.15, 0.2) is 48.7 Å². The Bertz CT molecular complexity index is 739. The Morgan fingerprint density at radius 3 is 2.50 bits per heavy atom. The number of aromatic nitrogens is 1. The highest BCUT2D eigenvalue weighted by Crippen LogP contribution is 2.19. The van der Waals surface area contributed by atoms with E-state index in [0.717, 1.165) is 13.1 Å². The Balaban J connectivity index is 0.00000169. The SMILES string of the molecule is CC(C(=O)Nc1cccc(C(=O)Nc2ccccn2)c1)C1CNC1.Cl.Cl. The molecule has 2 amide bonds. The van der Waals surface area contributed by atoms with Crippen molar-refractivity contribution in [2.75, 3.05) is 23.7 Å². The molecule has 6 nitrogen and oxygen atoms in total. The number of anilines is 2. The lowest BCUT2D eigenvalue weighted by molar-refractivity contribution is -0.121. The summed E-state index contributed by atoms with van der Waals surface area (Å²) in [4.78, 5) is 28.6. The van der Waals surface area contributed by atoms with Crippen LogP contribution in [0.5, 0.6) is 0 Å². The Hall–Kier alpha value is -2.15. The summed E-state index contributed by atoms with van der Waals surface area (Å²) < 4.78 is 0. The smallest absolute Gasteiger partial charge is 0.256 e.